The summed E-state index contributed by atoms with van der Waals surface area (Å²) in [6.07, 6.45) is 1.59. The number of rotatable bonds is 5. The Labute approximate surface area is 133 Å². The number of carbonyl (C=O) groups excluding carboxylic acids is 2. The van der Waals surface area contributed by atoms with E-state index in [1.54, 1.807) is 44.2 Å². The third-order valence-electron chi connectivity index (χ3n) is 3.07. The van der Waals surface area contributed by atoms with E-state index in [9.17, 15) is 9.59 Å². The minimum atomic E-state index is -0.322. The molecule has 0 saturated heterocycles. The minimum Gasteiger partial charge on any atom is -0.361 e. The average molecular weight is 314 g/mol. The molecule has 1 aromatic heterocycles. The summed E-state index contributed by atoms with van der Waals surface area (Å²) < 4.78 is 4.98. The molecule has 0 bridgehead atoms. The summed E-state index contributed by atoms with van der Waals surface area (Å²) >= 11 is 0. The standard InChI is InChI=1S/C16H18N4O3/c1-4-9-17-16(22)19-13-7-5-12(6-8-13)18-15(21)14-10(2)20-23-11(14)3/h4-8H,1,9H2,2-3H3,(H,18,21)(H2,17,19,22). The summed E-state index contributed by atoms with van der Waals surface area (Å²) in [7, 11) is 0. The summed E-state index contributed by atoms with van der Waals surface area (Å²) in [5.41, 5.74) is 2.18. The van der Waals surface area contributed by atoms with Crippen molar-refractivity contribution in [2.45, 2.75) is 13.8 Å². The third-order valence-corrected chi connectivity index (χ3v) is 3.07. The Morgan fingerprint density at radius 3 is 2.30 bits per heavy atom. The highest BCUT2D eigenvalue weighted by Crippen LogP contribution is 2.17. The summed E-state index contributed by atoms with van der Waals surface area (Å²) in [6.45, 7) is 7.30. The first-order chi connectivity index (χ1) is 11.0. The van der Waals surface area contributed by atoms with Gasteiger partial charge in [-0.3, -0.25) is 4.79 Å². The highest BCUT2D eigenvalue weighted by Gasteiger charge is 2.17. The summed E-state index contributed by atoms with van der Waals surface area (Å²) in [6, 6.07) is 6.45. The largest absolute Gasteiger partial charge is 0.361 e. The van der Waals surface area contributed by atoms with E-state index in [1.165, 1.54) is 0 Å². The quantitative estimate of drug-likeness (QED) is 0.739. The summed E-state index contributed by atoms with van der Waals surface area (Å²) in [5, 5.41) is 11.8. The molecule has 0 aliphatic carbocycles. The second kappa shape index (κ2) is 7.26. The molecule has 2 rings (SSSR count). The fourth-order valence-electron chi connectivity index (χ4n) is 1.98. The van der Waals surface area contributed by atoms with Gasteiger partial charge in [0, 0.05) is 17.9 Å². The SMILES string of the molecule is C=CCNC(=O)Nc1ccc(NC(=O)c2c(C)noc2C)cc1. The molecule has 0 saturated carbocycles. The van der Waals surface area contributed by atoms with Crippen LogP contribution in [0.5, 0.6) is 0 Å². The smallest absolute Gasteiger partial charge is 0.319 e. The van der Waals surface area contributed by atoms with Crippen LogP contribution in [0, 0.1) is 13.8 Å². The Hall–Kier alpha value is -3.09. The van der Waals surface area contributed by atoms with Crippen LogP contribution in [0.1, 0.15) is 21.8 Å². The fourth-order valence-corrected chi connectivity index (χ4v) is 1.98. The molecule has 2 aromatic rings. The molecule has 7 heteroatoms. The van der Waals surface area contributed by atoms with Gasteiger partial charge in [0.1, 0.15) is 11.3 Å². The van der Waals surface area contributed by atoms with Crippen LogP contribution in [0.4, 0.5) is 16.2 Å². The Morgan fingerprint density at radius 1 is 1.17 bits per heavy atom. The van der Waals surface area contributed by atoms with Gasteiger partial charge >= 0.3 is 6.03 Å². The molecular formula is C16H18N4O3. The molecule has 0 aliphatic rings. The molecule has 0 atom stereocenters. The van der Waals surface area contributed by atoms with E-state index in [4.69, 9.17) is 4.52 Å². The van der Waals surface area contributed by atoms with Crippen molar-refractivity contribution < 1.29 is 14.1 Å². The van der Waals surface area contributed by atoms with Crippen molar-refractivity contribution in [2.24, 2.45) is 0 Å². The van der Waals surface area contributed by atoms with Gasteiger partial charge in [0.25, 0.3) is 5.91 Å². The van der Waals surface area contributed by atoms with E-state index in [1.807, 2.05) is 0 Å². The Balaban J connectivity index is 1.99. The maximum absolute atomic E-state index is 12.2. The maximum Gasteiger partial charge on any atom is 0.319 e. The van der Waals surface area contributed by atoms with Crippen LogP contribution in [-0.2, 0) is 0 Å². The van der Waals surface area contributed by atoms with E-state index in [-0.39, 0.29) is 11.9 Å². The van der Waals surface area contributed by atoms with E-state index in [2.05, 4.69) is 27.7 Å². The van der Waals surface area contributed by atoms with Crippen LogP contribution in [0.15, 0.2) is 41.4 Å². The molecule has 3 N–H and O–H groups in total. The topological polar surface area (TPSA) is 96.3 Å². The summed E-state index contributed by atoms with van der Waals surface area (Å²) in [4.78, 5) is 23.7. The lowest BCUT2D eigenvalue weighted by atomic mass is 10.2. The molecule has 1 heterocycles. The van der Waals surface area contributed by atoms with Crippen molar-refractivity contribution in [3.05, 3.63) is 53.9 Å². The number of hydrogen-bond donors (Lipinski definition) is 3. The number of aromatic nitrogens is 1. The number of benzene rings is 1. The molecule has 0 unspecified atom stereocenters. The van der Waals surface area contributed by atoms with Crippen LogP contribution >= 0.6 is 0 Å². The minimum absolute atomic E-state index is 0.286. The van der Waals surface area contributed by atoms with E-state index in [0.717, 1.165) is 0 Å². The fraction of sp³-hybridized carbons (Fsp3) is 0.188. The lowest BCUT2D eigenvalue weighted by Crippen LogP contribution is -2.28. The molecule has 1 aromatic carbocycles. The zero-order valence-electron chi connectivity index (χ0n) is 13.0. The number of aryl methyl sites for hydroxylation is 2. The van der Waals surface area contributed by atoms with Crippen molar-refractivity contribution in [3.63, 3.8) is 0 Å². The van der Waals surface area contributed by atoms with Gasteiger partial charge in [-0.2, -0.15) is 0 Å². The monoisotopic (exact) mass is 314 g/mol. The first kappa shape index (κ1) is 16.3. The van der Waals surface area contributed by atoms with Crippen LogP contribution in [0.2, 0.25) is 0 Å². The van der Waals surface area contributed by atoms with Crippen LogP contribution in [0.25, 0.3) is 0 Å². The predicted octanol–water partition coefficient (Wildman–Crippen LogP) is 2.85. The third kappa shape index (κ3) is 4.19. The van der Waals surface area contributed by atoms with Gasteiger partial charge in [0.05, 0.1) is 5.69 Å². The molecule has 0 spiro atoms. The van der Waals surface area contributed by atoms with Crippen LogP contribution in [0.3, 0.4) is 0 Å². The summed E-state index contributed by atoms with van der Waals surface area (Å²) in [5.74, 6) is 0.183. The van der Waals surface area contributed by atoms with Gasteiger partial charge in [-0.1, -0.05) is 11.2 Å². The average Bonchev–Trinajstić information content (AvgIpc) is 2.86. The first-order valence-electron chi connectivity index (χ1n) is 7.01. The number of carbonyl (C=O) groups is 2. The zero-order chi connectivity index (χ0) is 16.8. The molecular weight excluding hydrogens is 296 g/mol. The lowest BCUT2D eigenvalue weighted by Gasteiger charge is -2.08. The van der Waals surface area contributed by atoms with Gasteiger partial charge in [0.2, 0.25) is 0 Å². The molecule has 0 fully saturated rings. The van der Waals surface area contributed by atoms with Crippen LogP contribution < -0.4 is 16.0 Å². The van der Waals surface area contributed by atoms with Gasteiger partial charge in [0.15, 0.2) is 0 Å². The second-order valence-electron chi connectivity index (χ2n) is 4.85. The first-order valence-corrected chi connectivity index (χ1v) is 7.01. The van der Waals surface area contributed by atoms with E-state index in [0.29, 0.717) is 34.9 Å². The highest BCUT2D eigenvalue weighted by atomic mass is 16.5. The van der Waals surface area contributed by atoms with Crippen molar-refractivity contribution in [1.82, 2.24) is 10.5 Å². The van der Waals surface area contributed by atoms with Crippen molar-refractivity contribution in [3.8, 4) is 0 Å². The number of hydrogen-bond acceptors (Lipinski definition) is 4. The number of nitrogens with zero attached hydrogens (tertiary/aromatic N) is 1. The van der Waals surface area contributed by atoms with E-state index >= 15 is 0 Å². The normalized spacial score (nSPS) is 10.0. The van der Waals surface area contributed by atoms with Crippen molar-refractivity contribution in [1.29, 1.82) is 0 Å². The van der Waals surface area contributed by atoms with Gasteiger partial charge < -0.3 is 20.5 Å². The Kier molecular flexibility index (Phi) is 5.14. The van der Waals surface area contributed by atoms with Crippen molar-refractivity contribution in [2.75, 3.05) is 17.2 Å². The molecule has 120 valence electrons. The highest BCUT2D eigenvalue weighted by molar-refractivity contribution is 6.05. The van der Waals surface area contributed by atoms with E-state index < -0.39 is 0 Å². The van der Waals surface area contributed by atoms with Gasteiger partial charge in [-0.25, -0.2) is 4.79 Å². The molecule has 3 amide bonds. The Bertz CT molecular complexity index is 700. The predicted molar refractivity (Wildman–Crippen MR) is 87.6 cm³/mol. The number of anilines is 2. The number of amides is 3. The Morgan fingerprint density at radius 2 is 1.78 bits per heavy atom. The molecule has 7 nitrogen and oxygen atoms in total. The maximum atomic E-state index is 12.2. The molecule has 23 heavy (non-hydrogen) atoms. The van der Waals surface area contributed by atoms with Gasteiger partial charge in [-0.15, -0.1) is 6.58 Å². The molecule has 0 aliphatic heterocycles. The second-order valence-corrected chi connectivity index (χ2v) is 4.85. The van der Waals surface area contributed by atoms with Crippen molar-refractivity contribution >= 4 is 23.3 Å². The zero-order valence-corrected chi connectivity index (χ0v) is 13.0. The lowest BCUT2D eigenvalue weighted by molar-refractivity contribution is 0.102. The number of nitrogens with one attached hydrogen (secondary N) is 3. The molecule has 0 radical (unpaired) electrons. The number of urea groups is 1. The van der Waals surface area contributed by atoms with Crippen LogP contribution in [-0.4, -0.2) is 23.6 Å². The van der Waals surface area contributed by atoms with Gasteiger partial charge in [-0.05, 0) is 38.1 Å².